The van der Waals surface area contributed by atoms with Crippen LogP contribution in [0.2, 0.25) is 0 Å². The molecule has 108 valence electrons. The van der Waals surface area contributed by atoms with Crippen molar-refractivity contribution in [2.45, 2.75) is 0 Å². The largest absolute Gasteiger partial charge is 0.399 e. The van der Waals surface area contributed by atoms with Gasteiger partial charge in [0.05, 0.1) is 18.0 Å². The van der Waals surface area contributed by atoms with Gasteiger partial charge in [-0.25, -0.2) is 12.6 Å². The van der Waals surface area contributed by atoms with Crippen molar-refractivity contribution >= 4 is 31.8 Å². The molecule has 3 N–H and O–H groups in total. The van der Waals surface area contributed by atoms with E-state index in [0.717, 1.165) is 4.31 Å². The van der Waals surface area contributed by atoms with Crippen LogP contribution in [0.3, 0.4) is 0 Å². The van der Waals surface area contributed by atoms with Crippen molar-refractivity contribution in [2.75, 3.05) is 29.4 Å². The molecule has 0 fully saturated rings. The molecular weight excluding hydrogens is 296 g/mol. The highest BCUT2D eigenvalue weighted by Gasteiger charge is 2.19. The Balaban J connectivity index is 2.74. The summed E-state index contributed by atoms with van der Waals surface area (Å²) in [5.74, 6) is -0.590. The van der Waals surface area contributed by atoms with Crippen LogP contribution >= 0.6 is 0 Å². The van der Waals surface area contributed by atoms with Crippen molar-refractivity contribution < 1.29 is 25.6 Å². The second-order valence-corrected chi connectivity index (χ2v) is 6.84. The van der Waals surface area contributed by atoms with Gasteiger partial charge >= 0.3 is 10.4 Å². The van der Waals surface area contributed by atoms with E-state index in [-0.39, 0.29) is 0 Å². The van der Waals surface area contributed by atoms with Gasteiger partial charge in [0.25, 0.3) is 0 Å². The van der Waals surface area contributed by atoms with E-state index < -0.39 is 32.8 Å². The second-order valence-electron chi connectivity index (χ2n) is 3.62. The van der Waals surface area contributed by atoms with Gasteiger partial charge in [-0.1, -0.05) is 0 Å². The number of hydrogen-bond donors (Lipinski definition) is 2. The van der Waals surface area contributed by atoms with Gasteiger partial charge in [0.2, 0.25) is 10.0 Å². The monoisotopic (exact) mass is 310 g/mol. The third-order valence-corrected chi connectivity index (χ3v) is 4.44. The third kappa shape index (κ3) is 5.03. The summed E-state index contributed by atoms with van der Waals surface area (Å²) in [5, 5.41) is 0. The van der Waals surface area contributed by atoms with Gasteiger partial charge in [-0.15, -0.1) is 0 Å². The predicted octanol–water partition coefficient (Wildman–Crippen LogP) is -0.146. The highest BCUT2D eigenvalue weighted by molar-refractivity contribution is 7.92. The molecule has 0 amide bonds. The fourth-order valence-corrected chi connectivity index (χ4v) is 2.64. The number of nitrogen functional groups attached to an aromatic ring is 1. The SMILES string of the molecule is CN(c1ccc(N)cc1)S(=O)(=O)CCOS(=O)(=O)O. The molecule has 8 nitrogen and oxygen atoms in total. The number of anilines is 2. The molecule has 0 saturated heterocycles. The Hall–Kier alpha value is -1.36. The lowest BCUT2D eigenvalue weighted by Crippen LogP contribution is -2.31. The van der Waals surface area contributed by atoms with Gasteiger partial charge in [0.1, 0.15) is 0 Å². The van der Waals surface area contributed by atoms with Crippen LogP contribution in [0, 0.1) is 0 Å². The first-order valence-corrected chi connectivity index (χ1v) is 8.03. The Bertz CT molecular complexity index is 623. The molecule has 1 rings (SSSR count). The van der Waals surface area contributed by atoms with Gasteiger partial charge in [-0.05, 0) is 24.3 Å². The molecule has 1 aromatic rings. The first-order valence-electron chi connectivity index (χ1n) is 5.06. The molecule has 0 heterocycles. The summed E-state index contributed by atoms with van der Waals surface area (Å²) >= 11 is 0. The normalized spacial score (nSPS) is 12.3. The van der Waals surface area contributed by atoms with Gasteiger partial charge in [-0.3, -0.25) is 8.86 Å². The Kier molecular flexibility index (Phi) is 4.74. The average molecular weight is 310 g/mol. The maximum absolute atomic E-state index is 11.8. The molecule has 0 aliphatic heterocycles. The molecule has 19 heavy (non-hydrogen) atoms. The summed E-state index contributed by atoms with van der Waals surface area (Å²) in [7, 11) is -7.08. The van der Waals surface area contributed by atoms with Crippen molar-refractivity contribution in [3.63, 3.8) is 0 Å². The molecule has 0 radical (unpaired) electrons. The van der Waals surface area contributed by atoms with Crippen molar-refractivity contribution in [1.29, 1.82) is 0 Å². The lowest BCUT2D eigenvalue weighted by molar-refractivity contribution is 0.284. The molecule has 0 atom stereocenters. The van der Waals surface area contributed by atoms with Crippen LogP contribution in [-0.4, -0.2) is 40.8 Å². The number of hydrogen-bond acceptors (Lipinski definition) is 6. The fraction of sp³-hybridized carbons (Fsp3) is 0.333. The first-order chi connectivity index (χ1) is 8.62. The van der Waals surface area contributed by atoms with Crippen molar-refractivity contribution in [1.82, 2.24) is 0 Å². The zero-order chi connectivity index (χ0) is 14.7. The molecule has 0 unspecified atom stereocenters. The number of nitrogens with two attached hydrogens (primary N) is 1. The van der Waals surface area contributed by atoms with Crippen molar-refractivity contribution in [3.05, 3.63) is 24.3 Å². The molecular formula is C9H14N2O6S2. The number of benzene rings is 1. The van der Waals surface area contributed by atoms with Crippen LogP contribution in [0.4, 0.5) is 11.4 Å². The highest BCUT2D eigenvalue weighted by Crippen LogP contribution is 2.18. The van der Waals surface area contributed by atoms with Gasteiger partial charge in [0.15, 0.2) is 0 Å². The Morgan fingerprint density at radius 1 is 1.21 bits per heavy atom. The maximum Gasteiger partial charge on any atom is 0.397 e. The van der Waals surface area contributed by atoms with E-state index in [0.29, 0.717) is 11.4 Å². The first kappa shape index (κ1) is 15.7. The summed E-state index contributed by atoms with van der Waals surface area (Å²) in [5.41, 5.74) is 6.35. The minimum atomic E-state index is -4.64. The second kappa shape index (κ2) is 5.74. The summed E-state index contributed by atoms with van der Waals surface area (Å²) in [6.07, 6.45) is 0. The van der Waals surface area contributed by atoms with Crippen LogP contribution in [0.5, 0.6) is 0 Å². The van der Waals surface area contributed by atoms with Crippen LogP contribution < -0.4 is 10.0 Å². The third-order valence-electron chi connectivity index (χ3n) is 2.25. The molecule has 0 saturated carbocycles. The molecule has 0 aliphatic rings. The van der Waals surface area contributed by atoms with Crippen molar-refractivity contribution in [3.8, 4) is 0 Å². The van der Waals surface area contributed by atoms with Gasteiger partial charge < -0.3 is 5.73 Å². The predicted molar refractivity (Wildman–Crippen MR) is 70.5 cm³/mol. The minimum Gasteiger partial charge on any atom is -0.399 e. The van der Waals surface area contributed by atoms with Crippen LogP contribution in [0.15, 0.2) is 24.3 Å². The highest BCUT2D eigenvalue weighted by atomic mass is 32.3. The zero-order valence-corrected chi connectivity index (χ0v) is 11.7. The summed E-state index contributed by atoms with van der Waals surface area (Å²) in [4.78, 5) is 0. The summed E-state index contributed by atoms with van der Waals surface area (Å²) in [6.45, 7) is -0.666. The molecule has 0 spiro atoms. The standard InChI is InChI=1S/C9H14N2O6S2/c1-11(9-4-2-8(10)3-5-9)18(12,13)7-6-17-19(14,15)16/h2-5H,6-7,10H2,1H3,(H,14,15,16). The minimum absolute atomic E-state index is 0.376. The number of nitrogens with zero attached hydrogens (tertiary/aromatic N) is 1. The molecule has 0 aromatic heterocycles. The summed E-state index contributed by atoms with van der Waals surface area (Å²) in [6, 6.07) is 6.10. The smallest absolute Gasteiger partial charge is 0.397 e. The summed E-state index contributed by atoms with van der Waals surface area (Å²) < 4.78 is 57.6. The topological polar surface area (TPSA) is 127 Å². The van der Waals surface area contributed by atoms with E-state index in [4.69, 9.17) is 10.3 Å². The van der Waals surface area contributed by atoms with E-state index in [9.17, 15) is 16.8 Å². The molecule has 0 aliphatic carbocycles. The van der Waals surface area contributed by atoms with E-state index in [1.807, 2.05) is 0 Å². The lowest BCUT2D eigenvalue weighted by atomic mass is 10.3. The van der Waals surface area contributed by atoms with Crippen LogP contribution in [0.25, 0.3) is 0 Å². The van der Waals surface area contributed by atoms with Gasteiger partial charge in [-0.2, -0.15) is 8.42 Å². The van der Waals surface area contributed by atoms with E-state index >= 15 is 0 Å². The van der Waals surface area contributed by atoms with Gasteiger partial charge in [0, 0.05) is 12.7 Å². The Morgan fingerprint density at radius 3 is 2.21 bits per heavy atom. The van der Waals surface area contributed by atoms with E-state index in [1.165, 1.54) is 31.3 Å². The number of sulfonamides is 1. The maximum atomic E-state index is 11.8. The lowest BCUT2D eigenvalue weighted by Gasteiger charge is -2.19. The molecule has 1 aromatic carbocycles. The molecule has 10 heteroatoms. The van der Waals surface area contributed by atoms with Crippen LogP contribution in [-0.2, 0) is 24.6 Å². The molecule has 0 bridgehead atoms. The van der Waals surface area contributed by atoms with E-state index in [1.54, 1.807) is 0 Å². The van der Waals surface area contributed by atoms with Crippen LogP contribution in [0.1, 0.15) is 0 Å². The quantitative estimate of drug-likeness (QED) is 0.552. The van der Waals surface area contributed by atoms with E-state index in [2.05, 4.69) is 4.18 Å². The Morgan fingerprint density at radius 2 is 1.74 bits per heavy atom. The fourth-order valence-electron chi connectivity index (χ4n) is 1.23. The number of rotatable bonds is 6. The average Bonchev–Trinajstić information content (AvgIpc) is 2.27. The zero-order valence-electron chi connectivity index (χ0n) is 10.1. The van der Waals surface area contributed by atoms with Crippen molar-refractivity contribution in [2.24, 2.45) is 0 Å². The Labute approximate surface area is 111 Å².